The molecule has 0 aliphatic carbocycles. The largest absolute Gasteiger partial charge is 0.496 e. The number of methoxy groups -OCH3 is 1. The quantitative estimate of drug-likeness (QED) is 0.882. The summed E-state index contributed by atoms with van der Waals surface area (Å²) < 4.78 is 32.4. The van der Waals surface area contributed by atoms with E-state index in [1.54, 1.807) is 31.4 Å². The monoisotopic (exact) mass is 318 g/mol. The lowest BCUT2D eigenvalue weighted by Crippen LogP contribution is -2.29. The Morgan fingerprint density at radius 2 is 2.00 bits per heavy atom. The Morgan fingerprint density at radius 1 is 1.23 bits per heavy atom. The van der Waals surface area contributed by atoms with Gasteiger partial charge in [-0.15, -0.1) is 0 Å². The molecule has 0 spiro atoms. The average molecular weight is 318 g/mol. The van der Waals surface area contributed by atoms with Crippen molar-refractivity contribution in [1.82, 2.24) is 0 Å². The summed E-state index contributed by atoms with van der Waals surface area (Å²) >= 11 is 0. The number of rotatable bonds is 3. The van der Waals surface area contributed by atoms with Gasteiger partial charge in [-0.3, -0.25) is 4.31 Å². The molecule has 0 radical (unpaired) electrons. The van der Waals surface area contributed by atoms with Crippen LogP contribution in [0.25, 0.3) is 0 Å². The number of sulfonamides is 1. The molecule has 116 valence electrons. The number of nitrogen functional groups attached to an aromatic ring is 1. The second-order valence-corrected chi connectivity index (χ2v) is 7.18. The lowest BCUT2D eigenvalue weighted by Gasteiger charge is -2.21. The van der Waals surface area contributed by atoms with Crippen molar-refractivity contribution in [2.45, 2.75) is 18.2 Å². The molecular formula is C16H18N2O3S. The molecule has 2 aromatic carbocycles. The highest BCUT2D eigenvalue weighted by molar-refractivity contribution is 7.92. The van der Waals surface area contributed by atoms with Crippen LogP contribution in [-0.2, 0) is 16.4 Å². The highest BCUT2D eigenvalue weighted by atomic mass is 32.2. The normalized spacial score (nSPS) is 14.0. The molecule has 0 fully saturated rings. The number of para-hydroxylation sites is 1. The highest BCUT2D eigenvalue weighted by Crippen LogP contribution is 2.37. The van der Waals surface area contributed by atoms with Crippen LogP contribution in [0.2, 0.25) is 0 Å². The van der Waals surface area contributed by atoms with Crippen molar-refractivity contribution in [2.75, 3.05) is 23.7 Å². The van der Waals surface area contributed by atoms with Crippen molar-refractivity contribution in [1.29, 1.82) is 0 Å². The van der Waals surface area contributed by atoms with Crippen molar-refractivity contribution < 1.29 is 13.2 Å². The van der Waals surface area contributed by atoms with Gasteiger partial charge in [-0.25, -0.2) is 8.42 Å². The minimum Gasteiger partial charge on any atom is -0.496 e. The molecule has 0 saturated heterocycles. The first-order valence-corrected chi connectivity index (χ1v) is 8.44. The van der Waals surface area contributed by atoms with E-state index < -0.39 is 10.0 Å². The molecular weight excluding hydrogens is 300 g/mol. The van der Waals surface area contributed by atoms with Gasteiger partial charge in [0.2, 0.25) is 0 Å². The number of anilines is 2. The van der Waals surface area contributed by atoms with Crippen molar-refractivity contribution in [3.63, 3.8) is 0 Å². The molecule has 1 heterocycles. The lowest BCUT2D eigenvalue weighted by atomic mass is 10.1. The van der Waals surface area contributed by atoms with Crippen LogP contribution in [0.4, 0.5) is 11.4 Å². The Kier molecular flexibility index (Phi) is 3.48. The molecule has 1 aliphatic rings. The van der Waals surface area contributed by atoms with Crippen molar-refractivity contribution >= 4 is 21.4 Å². The average Bonchev–Trinajstić information content (AvgIpc) is 2.93. The Balaban J connectivity index is 2.08. The maximum Gasteiger partial charge on any atom is 0.264 e. The van der Waals surface area contributed by atoms with Crippen LogP contribution in [0.1, 0.15) is 11.1 Å². The van der Waals surface area contributed by atoms with Crippen LogP contribution >= 0.6 is 0 Å². The maximum atomic E-state index is 12.9. The molecule has 2 N–H and O–H groups in total. The van der Waals surface area contributed by atoms with Gasteiger partial charge < -0.3 is 10.5 Å². The smallest absolute Gasteiger partial charge is 0.264 e. The standard InChI is InChI=1S/C16H18N2O3S/c1-11-10-13(6-7-15(11)21-2)22(19,20)18-9-8-12-4-3-5-14(17)16(12)18/h3-7,10H,8-9,17H2,1-2H3. The van der Waals surface area contributed by atoms with E-state index in [4.69, 9.17) is 10.5 Å². The lowest BCUT2D eigenvalue weighted by molar-refractivity contribution is 0.411. The third kappa shape index (κ3) is 2.20. The van der Waals surface area contributed by atoms with Gasteiger partial charge >= 0.3 is 0 Å². The van der Waals surface area contributed by atoms with Crippen molar-refractivity contribution in [3.05, 3.63) is 47.5 Å². The number of hydrogen-bond donors (Lipinski definition) is 1. The van der Waals surface area contributed by atoms with Gasteiger partial charge in [0.1, 0.15) is 5.75 Å². The van der Waals surface area contributed by atoms with Crippen LogP contribution in [-0.4, -0.2) is 22.1 Å². The van der Waals surface area contributed by atoms with E-state index in [2.05, 4.69) is 0 Å². The Hall–Kier alpha value is -2.21. The third-order valence-electron chi connectivity index (χ3n) is 3.94. The van der Waals surface area contributed by atoms with Crippen molar-refractivity contribution in [3.8, 4) is 5.75 Å². The molecule has 0 atom stereocenters. The van der Waals surface area contributed by atoms with Gasteiger partial charge in [0.15, 0.2) is 0 Å². The van der Waals surface area contributed by atoms with E-state index in [1.807, 2.05) is 19.1 Å². The highest BCUT2D eigenvalue weighted by Gasteiger charge is 2.32. The molecule has 0 bridgehead atoms. The van der Waals surface area contributed by atoms with Crippen LogP contribution in [0.15, 0.2) is 41.3 Å². The number of ether oxygens (including phenoxy) is 1. The summed E-state index contributed by atoms with van der Waals surface area (Å²) in [7, 11) is -2.06. The first-order chi connectivity index (χ1) is 10.4. The number of benzene rings is 2. The summed E-state index contributed by atoms with van der Waals surface area (Å²) in [6.45, 7) is 2.24. The second kappa shape index (κ2) is 5.21. The molecule has 6 heteroatoms. The number of nitrogens with two attached hydrogens (primary N) is 1. The summed E-state index contributed by atoms with van der Waals surface area (Å²) in [6.07, 6.45) is 0.675. The molecule has 5 nitrogen and oxygen atoms in total. The predicted molar refractivity (Wildman–Crippen MR) is 86.8 cm³/mol. The fourth-order valence-electron chi connectivity index (χ4n) is 2.83. The summed E-state index contributed by atoms with van der Waals surface area (Å²) in [5.41, 5.74) is 8.83. The SMILES string of the molecule is COc1ccc(S(=O)(=O)N2CCc3cccc(N)c32)cc1C. The number of hydrogen-bond acceptors (Lipinski definition) is 4. The molecule has 1 aliphatic heterocycles. The third-order valence-corrected chi connectivity index (χ3v) is 5.73. The first kappa shape index (κ1) is 14.7. The molecule has 0 saturated carbocycles. The van der Waals surface area contributed by atoms with Gasteiger partial charge in [-0.1, -0.05) is 12.1 Å². The summed E-state index contributed by atoms with van der Waals surface area (Å²) in [4.78, 5) is 0.252. The number of aryl methyl sites for hydroxylation is 1. The van der Waals surface area contributed by atoms with Gasteiger partial charge in [0.25, 0.3) is 10.0 Å². The van der Waals surface area contributed by atoms with E-state index in [0.29, 0.717) is 30.1 Å². The summed E-state index contributed by atoms with van der Waals surface area (Å²) in [5.74, 6) is 0.667. The van der Waals surface area contributed by atoms with E-state index in [0.717, 1.165) is 11.1 Å². The van der Waals surface area contributed by atoms with Gasteiger partial charge in [0, 0.05) is 6.54 Å². The van der Waals surface area contributed by atoms with Gasteiger partial charge in [-0.05, 0) is 48.7 Å². The number of nitrogens with zero attached hydrogens (tertiary/aromatic N) is 1. The Labute approximate surface area is 130 Å². The zero-order valence-electron chi connectivity index (χ0n) is 12.5. The van der Waals surface area contributed by atoms with Crippen LogP contribution in [0, 0.1) is 6.92 Å². The topological polar surface area (TPSA) is 72.6 Å². The molecule has 3 rings (SSSR count). The van der Waals surface area contributed by atoms with Crippen molar-refractivity contribution in [2.24, 2.45) is 0 Å². The minimum atomic E-state index is -3.62. The Bertz CT molecular complexity index is 831. The second-order valence-electron chi connectivity index (χ2n) is 5.31. The minimum absolute atomic E-state index is 0.252. The van der Waals surface area contributed by atoms with Crippen LogP contribution < -0.4 is 14.8 Å². The van der Waals surface area contributed by atoms with E-state index >= 15 is 0 Å². The first-order valence-electron chi connectivity index (χ1n) is 7.00. The fraction of sp³-hybridized carbons (Fsp3) is 0.250. The fourth-order valence-corrected chi connectivity index (χ4v) is 4.44. The summed E-state index contributed by atoms with van der Waals surface area (Å²) in [6, 6.07) is 10.4. The van der Waals surface area contributed by atoms with Gasteiger partial charge in [0.05, 0.1) is 23.4 Å². The van der Waals surface area contributed by atoms with Crippen LogP contribution in [0.5, 0.6) is 5.75 Å². The molecule has 2 aromatic rings. The predicted octanol–water partition coefficient (Wildman–Crippen LogP) is 2.34. The number of fused-ring (bicyclic) bond motifs is 1. The Morgan fingerprint density at radius 3 is 2.68 bits per heavy atom. The zero-order valence-corrected chi connectivity index (χ0v) is 13.4. The maximum absolute atomic E-state index is 12.9. The molecule has 0 aromatic heterocycles. The molecule has 0 unspecified atom stereocenters. The summed E-state index contributed by atoms with van der Waals surface area (Å²) in [5, 5.41) is 0. The van der Waals surface area contributed by atoms with E-state index in [1.165, 1.54) is 4.31 Å². The van der Waals surface area contributed by atoms with E-state index in [9.17, 15) is 8.42 Å². The van der Waals surface area contributed by atoms with Crippen LogP contribution in [0.3, 0.4) is 0 Å². The molecule has 22 heavy (non-hydrogen) atoms. The van der Waals surface area contributed by atoms with E-state index in [-0.39, 0.29) is 4.90 Å². The molecule has 0 amide bonds. The van der Waals surface area contributed by atoms with Gasteiger partial charge in [-0.2, -0.15) is 0 Å². The zero-order chi connectivity index (χ0) is 15.9.